The van der Waals surface area contributed by atoms with Gasteiger partial charge in [0.2, 0.25) is 11.8 Å². The van der Waals surface area contributed by atoms with E-state index in [1.54, 1.807) is 13.8 Å². The average molecular weight is 296 g/mol. The molecule has 116 valence electrons. The number of esters is 1. The van der Waals surface area contributed by atoms with E-state index in [-0.39, 0.29) is 30.4 Å². The van der Waals surface area contributed by atoms with Gasteiger partial charge in [0.05, 0.1) is 19.1 Å². The number of hydrogen-bond acceptors (Lipinski definition) is 7. The molecule has 2 rings (SSSR count). The molecular formula is C13H20N4O4. The highest BCUT2D eigenvalue weighted by atomic mass is 16.5. The maximum absolute atomic E-state index is 11.9. The molecule has 8 nitrogen and oxygen atoms in total. The summed E-state index contributed by atoms with van der Waals surface area (Å²) >= 11 is 0. The summed E-state index contributed by atoms with van der Waals surface area (Å²) in [5, 5.41) is 9.88. The fourth-order valence-electron chi connectivity index (χ4n) is 2.36. The van der Waals surface area contributed by atoms with Crippen LogP contribution in [0.25, 0.3) is 0 Å². The number of anilines is 1. The molecule has 21 heavy (non-hydrogen) atoms. The van der Waals surface area contributed by atoms with Gasteiger partial charge >= 0.3 is 12.0 Å². The standard InChI is InChI=1S/C13H20N4O4/c1-3-20-12(19)10-5-4-6-17(7-10)8-11(18)14-13-16-15-9(2)21-13/h10H,3-8H2,1-2H3,(H,14,16,18)/t10-/m1/s1. The minimum Gasteiger partial charge on any atom is -0.466 e. The highest BCUT2D eigenvalue weighted by Crippen LogP contribution is 2.17. The second-order valence-electron chi connectivity index (χ2n) is 5.00. The van der Waals surface area contributed by atoms with Crippen LogP contribution in [0.3, 0.4) is 0 Å². The van der Waals surface area contributed by atoms with Gasteiger partial charge in [-0.15, -0.1) is 5.10 Å². The second kappa shape index (κ2) is 7.16. The van der Waals surface area contributed by atoms with Crippen LogP contribution in [-0.2, 0) is 14.3 Å². The lowest BCUT2D eigenvalue weighted by Gasteiger charge is -2.30. The predicted molar refractivity (Wildman–Crippen MR) is 73.5 cm³/mol. The SMILES string of the molecule is CCOC(=O)[C@@H]1CCCN(CC(=O)Nc2nnc(C)o2)C1. The van der Waals surface area contributed by atoms with Gasteiger partial charge in [-0.3, -0.25) is 19.8 Å². The van der Waals surface area contributed by atoms with Crippen LogP contribution in [0.1, 0.15) is 25.7 Å². The van der Waals surface area contributed by atoms with Gasteiger partial charge in [-0.2, -0.15) is 0 Å². The van der Waals surface area contributed by atoms with E-state index in [0.29, 0.717) is 19.0 Å². The Balaban J connectivity index is 1.81. The number of piperidine rings is 1. The first-order chi connectivity index (χ1) is 10.1. The Kier molecular flexibility index (Phi) is 5.26. The molecule has 1 aliphatic rings. The Labute approximate surface area is 122 Å². The first-order valence-electron chi connectivity index (χ1n) is 7.07. The normalized spacial score (nSPS) is 19.2. The van der Waals surface area contributed by atoms with E-state index in [1.807, 2.05) is 4.90 Å². The first-order valence-corrected chi connectivity index (χ1v) is 7.07. The third-order valence-electron chi connectivity index (χ3n) is 3.27. The molecule has 1 aromatic rings. The van der Waals surface area contributed by atoms with Gasteiger partial charge in [0.15, 0.2) is 0 Å². The highest BCUT2D eigenvalue weighted by Gasteiger charge is 2.27. The Morgan fingerprint density at radius 1 is 1.48 bits per heavy atom. The zero-order chi connectivity index (χ0) is 15.2. The lowest BCUT2D eigenvalue weighted by atomic mass is 9.98. The molecular weight excluding hydrogens is 276 g/mol. The number of nitrogens with zero attached hydrogens (tertiary/aromatic N) is 3. The predicted octanol–water partition coefficient (Wildman–Crippen LogP) is 0.592. The smallest absolute Gasteiger partial charge is 0.322 e. The molecule has 2 heterocycles. The van der Waals surface area contributed by atoms with E-state index < -0.39 is 0 Å². The largest absolute Gasteiger partial charge is 0.466 e. The maximum Gasteiger partial charge on any atom is 0.322 e. The summed E-state index contributed by atoms with van der Waals surface area (Å²) in [4.78, 5) is 25.6. The second-order valence-corrected chi connectivity index (χ2v) is 5.00. The van der Waals surface area contributed by atoms with Gasteiger partial charge in [-0.1, -0.05) is 5.10 Å². The van der Waals surface area contributed by atoms with Crippen LogP contribution < -0.4 is 5.32 Å². The number of ether oxygens (including phenoxy) is 1. The number of aromatic nitrogens is 2. The van der Waals surface area contributed by atoms with Gasteiger partial charge in [-0.25, -0.2) is 0 Å². The quantitative estimate of drug-likeness (QED) is 0.794. The molecule has 1 aromatic heterocycles. The average Bonchev–Trinajstić information content (AvgIpc) is 2.84. The Hall–Kier alpha value is -1.96. The van der Waals surface area contributed by atoms with Crippen LogP contribution >= 0.6 is 0 Å². The summed E-state index contributed by atoms with van der Waals surface area (Å²) in [7, 11) is 0. The zero-order valence-electron chi connectivity index (χ0n) is 12.3. The third-order valence-corrected chi connectivity index (χ3v) is 3.27. The third kappa shape index (κ3) is 4.52. The van der Waals surface area contributed by atoms with Crippen LogP contribution in [0.4, 0.5) is 6.01 Å². The topological polar surface area (TPSA) is 97.6 Å². The summed E-state index contributed by atoms with van der Waals surface area (Å²) in [6, 6.07) is 0.0939. The molecule has 0 saturated carbocycles. The summed E-state index contributed by atoms with van der Waals surface area (Å²) in [5.74, 6) is -0.180. The van der Waals surface area contributed by atoms with Crippen molar-refractivity contribution in [1.82, 2.24) is 15.1 Å². The van der Waals surface area contributed by atoms with Gasteiger partial charge in [-0.05, 0) is 26.3 Å². The molecule has 0 radical (unpaired) electrons. The van der Waals surface area contributed by atoms with Crippen LogP contribution in [-0.4, -0.2) is 53.2 Å². The number of carbonyl (C=O) groups is 2. The van der Waals surface area contributed by atoms with E-state index in [4.69, 9.17) is 9.15 Å². The van der Waals surface area contributed by atoms with Crippen molar-refractivity contribution in [2.45, 2.75) is 26.7 Å². The van der Waals surface area contributed by atoms with E-state index in [0.717, 1.165) is 19.4 Å². The van der Waals surface area contributed by atoms with Gasteiger partial charge in [0.25, 0.3) is 0 Å². The number of likely N-dealkylation sites (tertiary alicyclic amines) is 1. The highest BCUT2D eigenvalue weighted by molar-refractivity contribution is 5.90. The fourth-order valence-corrected chi connectivity index (χ4v) is 2.36. The minimum atomic E-state index is -0.233. The molecule has 0 spiro atoms. The van der Waals surface area contributed by atoms with Crippen molar-refractivity contribution in [1.29, 1.82) is 0 Å². The molecule has 1 fully saturated rings. The minimum absolute atomic E-state index is 0.0939. The van der Waals surface area contributed by atoms with E-state index in [2.05, 4.69) is 15.5 Å². The van der Waals surface area contributed by atoms with Crippen molar-refractivity contribution in [3.63, 3.8) is 0 Å². The monoisotopic (exact) mass is 296 g/mol. The molecule has 1 atom stereocenters. The molecule has 0 unspecified atom stereocenters. The number of hydrogen-bond donors (Lipinski definition) is 1. The number of rotatable bonds is 5. The lowest BCUT2D eigenvalue weighted by Crippen LogP contribution is -2.43. The van der Waals surface area contributed by atoms with Crippen LogP contribution in [0.2, 0.25) is 0 Å². The Morgan fingerprint density at radius 2 is 2.29 bits per heavy atom. The van der Waals surface area contributed by atoms with Crippen molar-refractivity contribution in [3.05, 3.63) is 5.89 Å². The molecule has 1 amide bonds. The van der Waals surface area contributed by atoms with Crippen LogP contribution in [0.5, 0.6) is 0 Å². The molecule has 1 saturated heterocycles. The van der Waals surface area contributed by atoms with Crippen molar-refractivity contribution < 1.29 is 18.7 Å². The maximum atomic E-state index is 11.9. The van der Waals surface area contributed by atoms with Crippen LogP contribution in [0.15, 0.2) is 4.42 Å². The summed E-state index contributed by atoms with van der Waals surface area (Å²) in [6.45, 7) is 5.33. The lowest BCUT2D eigenvalue weighted by molar-refractivity contribution is -0.150. The van der Waals surface area contributed by atoms with Crippen LogP contribution in [0, 0.1) is 12.8 Å². The van der Waals surface area contributed by atoms with Gasteiger partial charge in [0, 0.05) is 13.5 Å². The molecule has 1 aliphatic heterocycles. The number of aryl methyl sites for hydroxylation is 1. The summed E-state index contributed by atoms with van der Waals surface area (Å²) in [5.41, 5.74) is 0. The fraction of sp³-hybridized carbons (Fsp3) is 0.692. The van der Waals surface area contributed by atoms with Crippen molar-refractivity contribution in [2.24, 2.45) is 5.92 Å². The van der Waals surface area contributed by atoms with E-state index in [1.165, 1.54) is 0 Å². The van der Waals surface area contributed by atoms with Crippen molar-refractivity contribution >= 4 is 17.9 Å². The number of nitrogens with one attached hydrogen (secondary N) is 1. The molecule has 0 aliphatic carbocycles. The zero-order valence-corrected chi connectivity index (χ0v) is 12.3. The van der Waals surface area contributed by atoms with E-state index in [9.17, 15) is 9.59 Å². The molecule has 0 bridgehead atoms. The number of amides is 1. The Morgan fingerprint density at radius 3 is 2.95 bits per heavy atom. The Bertz CT molecular complexity index is 502. The first kappa shape index (κ1) is 15.4. The van der Waals surface area contributed by atoms with Gasteiger partial charge < -0.3 is 9.15 Å². The molecule has 1 N–H and O–H groups in total. The molecule has 8 heteroatoms. The van der Waals surface area contributed by atoms with Gasteiger partial charge in [0.1, 0.15) is 0 Å². The van der Waals surface area contributed by atoms with Crippen molar-refractivity contribution in [3.8, 4) is 0 Å². The van der Waals surface area contributed by atoms with Crippen molar-refractivity contribution in [2.75, 3.05) is 31.6 Å². The molecule has 0 aromatic carbocycles. The number of carbonyl (C=O) groups excluding carboxylic acids is 2. The summed E-state index contributed by atoms with van der Waals surface area (Å²) < 4.78 is 10.1. The van der Waals surface area contributed by atoms with E-state index >= 15 is 0 Å². The summed E-state index contributed by atoms with van der Waals surface area (Å²) in [6.07, 6.45) is 1.68.